The molecule has 0 saturated heterocycles. The third kappa shape index (κ3) is 3.40. The monoisotopic (exact) mass is 358 g/mol. The molecule has 0 amide bonds. The van der Waals surface area contributed by atoms with E-state index in [0.717, 1.165) is 0 Å². The van der Waals surface area contributed by atoms with E-state index < -0.39 is 0 Å². The van der Waals surface area contributed by atoms with E-state index in [1.165, 1.54) is 6.20 Å². The van der Waals surface area contributed by atoms with Crippen molar-refractivity contribution in [3.8, 4) is 0 Å². The van der Waals surface area contributed by atoms with Gasteiger partial charge >= 0.3 is 0 Å². The van der Waals surface area contributed by atoms with E-state index in [-0.39, 0.29) is 11.3 Å². The van der Waals surface area contributed by atoms with Gasteiger partial charge in [0.05, 0.1) is 5.02 Å². The summed E-state index contributed by atoms with van der Waals surface area (Å²) < 4.78 is 0. The van der Waals surface area contributed by atoms with E-state index >= 15 is 0 Å². The lowest BCUT2D eigenvalue weighted by atomic mass is 9.98. The number of H-pyrrole nitrogens is 1. The standard InChI is InChI=1S/C18H12Cl2N2O2/c19-14-6-4-11(5-7-14)17(23)15-3-1-2-12(16(15)20)10-13-8-9-21-22-18(13)24/h1-9H,10H2,(H,22,24). The second-order valence-electron chi connectivity index (χ2n) is 5.20. The highest BCUT2D eigenvalue weighted by atomic mass is 35.5. The van der Waals surface area contributed by atoms with Gasteiger partial charge in [0.15, 0.2) is 5.78 Å². The Bertz CT molecular complexity index is 950. The maximum absolute atomic E-state index is 12.6. The molecule has 4 nitrogen and oxygen atoms in total. The molecule has 1 N–H and O–H groups in total. The van der Waals surface area contributed by atoms with E-state index in [4.69, 9.17) is 23.2 Å². The van der Waals surface area contributed by atoms with Gasteiger partial charge in [-0.05, 0) is 42.0 Å². The third-order valence-corrected chi connectivity index (χ3v) is 4.32. The van der Waals surface area contributed by atoms with Crippen LogP contribution in [0.4, 0.5) is 0 Å². The van der Waals surface area contributed by atoms with Crippen molar-refractivity contribution in [1.82, 2.24) is 10.2 Å². The van der Waals surface area contributed by atoms with Crippen molar-refractivity contribution >= 4 is 29.0 Å². The maximum Gasteiger partial charge on any atom is 0.267 e. The Labute approximate surface area is 148 Å². The zero-order valence-electron chi connectivity index (χ0n) is 12.4. The van der Waals surface area contributed by atoms with Crippen molar-refractivity contribution in [1.29, 1.82) is 0 Å². The SMILES string of the molecule is O=C(c1ccc(Cl)cc1)c1cccc(Cc2ccn[nH]c2=O)c1Cl. The van der Waals surface area contributed by atoms with Crippen molar-refractivity contribution in [3.63, 3.8) is 0 Å². The number of aromatic amines is 1. The van der Waals surface area contributed by atoms with E-state index in [9.17, 15) is 9.59 Å². The predicted molar refractivity (Wildman–Crippen MR) is 94.0 cm³/mol. The molecule has 0 aliphatic carbocycles. The van der Waals surface area contributed by atoms with Crippen LogP contribution in [0.15, 0.2) is 59.5 Å². The fraction of sp³-hybridized carbons (Fsp3) is 0.0556. The molecule has 3 rings (SSSR count). The topological polar surface area (TPSA) is 62.8 Å². The zero-order valence-corrected chi connectivity index (χ0v) is 13.9. The number of hydrogen-bond donors (Lipinski definition) is 1. The number of nitrogens with zero attached hydrogens (tertiary/aromatic N) is 1. The molecule has 1 heterocycles. The van der Waals surface area contributed by atoms with Gasteiger partial charge in [0.1, 0.15) is 0 Å². The second kappa shape index (κ2) is 6.99. The number of halogens is 2. The molecular formula is C18H12Cl2N2O2. The first-order valence-electron chi connectivity index (χ1n) is 7.16. The quantitative estimate of drug-likeness (QED) is 0.719. The lowest BCUT2D eigenvalue weighted by Crippen LogP contribution is -2.14. The molecule has 1 aromatic heterocycles. The van der Waals surface area contributed by atoms with Crippen LogP contribution < -0.4 is 5.56 Å². The number of carbonyl (C=O) groups excluding carboxylic acids is 1. The Morgan fingerprint density at radius 1 is 1.00 bits per heavy atom. The number of aromatic nitrogens is 2. The van der Waals surface area contributed by atoms with Crippen molar-refractivity contribution in [2.24, 2.45) is 0 Å². The van der Waals surface area contributed by atoms with Gasteiger partial charge in [0, 0.05) is 34.3 Å². The molecule has 120 valence electrons. The van der Waals surface area contributed by atoms with E-state index in [2.05, 4.69) is 10.2 Å². The molecule has 0 atom stereocenters. The highest BCUT2D eigenvalue weighted by Crippen LogP contribution is 2.25. The normalized spacial score (nSPS) is 10.6. The molecule has 0 spiro atoms. The van der Waals surface area contributed by atoms with Gasteiger partial charge in [-0.2, -0.15) is 5.10 Å². The molecule has 0 aliphatic heterocycles. The number of nitrogens with one attached hydrogen (secondary N) is 1. The van der Waals surface area contributed by atoms with Crippen molar-refractivity contribution in [2.75, 3.05) is 0 Å². The molecule has 0 saturated carbocycles. The third-order valence-electron chi connectivity index (χ3n) is 3.62. The molecule has 0 fully saturated rings. The summed E-state index contributed by atoms with van der Waals surface area (Å²) in [5.74, 6) is -0.192. The maximum atomic E-state index is 12.6. The zero-order chi connectivity index (χ0) is 17.1. The Morgan fingerprint density at radius 2 is 1.75 bits per heavy atom. The highest BCUT2D eigenvalue weighted by Gasteiger charge is 2.16. The number of benzene rings is 2. The van der Waals surface area contributed by atoms with Crippen molar-refractivity contribution in [3.05, 3.63) is 97.4 Å². The van der Waals surface area contributed by atoms with Crippen LogP contribution >= 0.6 is 23.2 Å². The lowest BCUT2D eigenvalue weighted by molar-refractivity contribution is 0.103. The molecule has 0 bridgehead atoms. The molecule has 24 heavy (non-hydrogen) atoms. The van der Waals surface area contributed by atoms with Crippen LogP contribution in [-0.2, 0) is 6.42 Å². The van der Waals surface area contributed by atoms with Gasteiger partial charge in [0.2, 0.25) is 0 Å². The average Bonchev–Trinajstić information content (AvgIpc) is 2.59. The Balaban J connectivity index is 1.96. The highest BCUT2D eigenvalue weighted by molar-refractivity contribution is 6.35. The van der Waals surface area contributed by atoms with Crippen LogP contribution in [0.25, 0.3) is 0 Å². The fourth-order valence-corrected chi connectivity index (χ4v) is 2.77. The van der Waals surface area contributed by atoms with Crippen LogP contribution in [-0.4, -0.2) is 16.0 Å². The minimum atomic E-state index is -0.275. The number of carbonyl (C=O) groups is 1. The summed E-state index contributed by atoms with van der Waals surface area (Å²) in [5, 5.41) is 6.95. The van der Waals surface area contributed by atoms with E-state index in [1.807, 2.05) is 0 Å². The van der Waals surface area contributed by atoms with Gasteiger partial charge < -0.3 is 0 Å². The van der Waals surface area contributed by atoms with Gasteiger partial charge in [-0.1, -0.05) is 35.3 Å². The smallest absolute Gasteiger partial charge is 0.267 e. The minimum Gasteiger partial charge on any atom is -0.289 e. The summed E-state index contributed by atoms with van der Waals surface area (Å²) in [6.07, 6.45) is 1.83. The summed E-state index contributed by atoms with van der Waals surface area (Å²) in [6, 6.07) is 13.5. The molecule has 0 unspecified atom stereocenters. The van der Waals surface area contributed by atoms with Crippen LogP contribution in [0.1, 0.15) is 27.0 Å². The second-order valence-corrected chi connectivity index (χ2v) is 6.02. The largest absolute Gasteiger partial charge is 0.289 e. The van der Waals surface area contributed by atoms with Gasteiger partial charge in [-0.15, -0.1) is 0 Å². The molecule has 0 radical (unpaired) electrons. The summed E-state index contributed by atoms with van der Waals surface area (Å²) in [7, 11) is 0. The number of rotatable bonds is 4. The Kier molecular flexibility index (Phi) is 4.79. The fourth-order valence-electron chi connectivity index (χ4n) is 2.36. The van der Waals surface area contributed by atoms with Crippen LogP contribution in [0.3, 0.4) is 0 Å². The molecular weight excluding hydrogens is 347 g/mol. The minimum absolute atomic E-state index is 0.192. The van der Waals surface area contributed by atoms with Crippen molar-refractivity contribution < 1.29 is 4.79 Å². The number of ketones is 1. The molecule has 2 aromatic carbocycles. The first-order valence-corrected chi connectivity index (χ1v) is 7.92. The van der Waals surface area contributed by atoms with Crippen molar-refractivity contribution in [2.45, 2.75) is 6.42 Å². The Morgan fingerprint density at radius 3 is 2.46 bits per heavy atom. The summed E-state index contributed by atoms with van der Waals surface area (Å²) >= 11 is 12.3. The molecule has 3 aromatic rings. The summed E-state index contributed by atoms with van der Waals surface area (Å²) in [6.45, 7) is 0. The lowest BCUT2D eigenvalue weighted by Gasteiger charge is -2.09. The summed E-state index contributed by atoms with van der Waals surface area (Å²) in [4.78, 5) is 24.4. The summed E-state index contributed by atoms with van der Waals surface area (Å²) in [5.41, 5.74) is 1.85. The van der Waals surface area contributed by atoms with Crippen LogP contribution in [0.5, 0.6) is 0 Å². The Hall–Kier alpha value is -2.43. The molecule has 6 heteroatoms. The first-order chi connectivity index (χ1) is 11.6. The average molecular weight is 359 g/mol. The number of hydrogen-bond acceptors (Lipinski definition) is 3. The van der Waals surface area contributed by atoms with Crippen LogP contribution in [0, 0.1) is 0 Å². The first kappa shape index (κ1) is 16.4. The molecule has 0 aliphatic rings. The van der Waals surface area contributed by atoms with Gasteiger partial charge in [-0.25, -0.2) is 5.10 Å². The van der Waals surface area contributed by atoms with Crippen LogP contribution in [0.2, 0.25) is 10.0 Å². The van der Waals surface area contributed by atoms with Gasteiger partial charge in [-0.3, -0.25) is 9.59 Å². The predicted octanol–water partition coefficient (Wildman–Crippen LogP) is 3.90. The van der Waals surface area contributed by atoms with E-state index in [1.54, 1.807) is 48.5 Å². The van der Waals surface area contributed by atoms with Gasteiger partial charge in [0.25, 0.3) is 5.56 Å². The van der Waals surface area contributed by atoms with E-state index in [0.29, 0.717) is 38.7 Å².